The first-order valence-corrected chi connectivity index (χ1v) is 14.0. The Balaban J connectivity index is 4.45. The number of phosphoric acid groups is 1. The van der Waals surface area contributed by atoms with Crippen molar-refractivity contribution in [1.82, 2.24) is 0 Å². The maximum Gasteiger partial charge on any atom is 0.472 e. The molecule has 9 nitrogen and oxygen atoms in total. The number of carbonyl (C=O) groups excluding carboxylic acids is 2. The summed E-state index contributed by atoms with van der Waals surface area (Å²) in [4.78, 5) is 33.8. The first-order valence-electron chi connectivity index (χ1n) is 12.5. The molecule has 0 amide bonds. The third-order valence-corrected chi connectivity index (χ3v) is 5.98. The molecule has 0 fully saturated rings. The van der Waals surface area contributed by atoms with Crippen LogP contribution in [0.4, 0.5) is 0 Å². The molecule has 2 atom stereocenters. The molecule has 0 aromatic rings. The van der Waals surface area contributed by atoms with Gasteiger partial charge in [-0.1, -0.05) is 78.1 Å². The minimum atomic E-state index is -4.33. The number of nitrogens with two attached hydrogens (primary N) is 1. The standard InChI is InChI=1S/C23H46NO8P/c1-3-5-7-9-10-12-14-16-23(26)32-21(20-31-33(27,28)30-18-17-24)19-29-22(25)15-13-11-8-6-4-2/h21H,3-20,24H2,1-2H3,(H,27,28). The van der Waals surface area contributed by atoms with Gasteiger partial charge in [-0.2, -0.15) is 0 Å². The average molecular weight is 496 g/mol. The molecule has 10 heteroatoms. The topological polar surface area (TPSA) is 134 Å². The molecule has 0 aliphatic rings. The van der Waals surface area contributed by atoms with Gasteiger partial charge in [0.05, 0.1) is 13.2 Å². The molecule has 0 rings (SSSR count). The summed E-state index contributed by atoms with van der Waals surface area (Å²) in [6.45, 7) is 3.53. The summed E-state index contributed by atoms with van der Waals surface area (Å²) in [6.07, 6.45) is 12.0. The van der Waals surface area contributed by atoms with Crippen LogP contribution in [0, 0.1) is 0 Å². The molecule has 0 aliphatic heterocycles. The van der Waals surface area contributed by atoms with E-state index in [4.69, 9.17) is 19.7 Å². The molecule has 33 heavy (non-hydrogen) atoms. The van der Waals surface area contributed by atoms with Crippen LogP contribution in [-0.2, 0) is 32.7 Å². The van der Waals surface area contributed by atoms with E-state index in [0.717, 1.165) is 51.4 Å². The van der Waals surface area contributed by atoms with Gasteiger partial charge in [0.2, 0.25) is 0 Å². The Hall–Kier alpha value is -0.990. The lowest BCUT2D eigenvalue weighted by atomic mass is 10.1. The summed E-state index contributed by atoms with van der Waals surface area (Å²) in [6, 6.07) is 0. The van der Waals surface area contributed by atoms with Gasteiger partial charge >= 0.3 is 19.8 Å². The molecule has 0 bridgehead atoms. The highest BCUT2D eigenvalue weighted by atomic mass is 31.2. The van der Waals surface area contributed by atoms with Crippen LogP contribution < -0.4 is 5.73 Å². The lowest BCUT2D eigenvalue weighted by Gasteiger charge is -2.19. The summed E-state index contributed by atoms with van der Waals surface area (Å²) in [5, 5.41) is 0. The monoisotopic (exact) mass is 495 g/mol. The van der Waals surface area contributed by atoms with Gasteiger partial charge in [-0.15, -0.1) is 0 Å². The highest BCUT2D eigenvalue weighted by molar-refractivity contribution is 7.47. The molecule has 196 valence electrons. The molecule has 0 saturated heterocycles. The smallest absolute Gasteiger partial charge is 0.462 e. The number of phosphoric ester groups is 1. The van der Waals surface area contributed by atoms with Crippen LogP contribution in [0.1, 0.15) is 104 Å². The van der Waals surface area contributed by atoms with Crippen molar-refractivity contribution in [3.05, 3.63) is 0 Å². The van der Waals surface area contributed by atoms with E-state index in [1.54, 1.807) is 0 Å². The van der Waals surface area contributed by atoms with Gasteiger partial charge in [0.15, 0.2) is 6.10 Å². The fourth-order valence-corrected chi connectivity index (χ4v) is 3.87. The first-order chi connectivity index (χ1) is 15.8. The van der Waals surface area contributed by atoms with Crippen molar-refractivity contribution in [2.24, 2.45) is 5.73 Å². The summed E-state index contributed by atoms with van der Waals surface area (Å²) >= 11 is 0. The largest absolute Gasteiger partial charge is 0.472 e. The second-order valence-electron chi connectivity index (χ2n) is 8.22. The zero-order valence-corrected chi connectivity index (χ0v) is 21.5. The van der Waals surface area contributed by atoms with Gasteiger partial charge in [0.1, 0.15) is 6.61 Å². The van der Waals surface area contributed by atoms with Crippen molar-refractivity contribution in [3.8, 4) is 0 Å². The van der Waals surface area contributed by atoms with E-state index in [0.29, 0.717) is 6.42 Å². The van der Waals surface area contributed by atoms with E-state index in [1.165, 1.54) is 19.3 Å². The van der Waals surface area contributed by atoms with Crippen LogP contribution in [-0.4, -0.2) is 49.3 Å². The minimum absolute atomic E-state index is 0.0562. The van der Waals surface area contributed by atoms with Crippen LogP contribution in [0.3, 0.4) is 0 Å². The predicted molar refractivity (Wildman–Crippen MR) is 128 cm³/mol. The van der Waals surface area contributed by atoms with Gasteiger partial charge in [-0.05, 0) is 12.8 Å². The number of carbonyl (C=O) groups is 2. The van der Waals surface area contributed by atoms with Crippen molar-refractivity contribution in [3.63, 3.8) is 0 Å². The Bertz CT molecular complexity index is 547. The summed E-state index contributed by atoms with van der Waals surface area (Å²) in [5.41, 5.74) is 5.26. The zero-order valence-electron chi connectivity index (χ0n) is 20.6. The summed E-state index contributed by atoms with van der Waals surface area (Å²) in [7, 11) is -4.33. The zero-order chi connectivity index (χ0) is 24.8. The van der Waals surface area contributed by atoms with E-state index in [1.807, 2.05) is 0 Å². The Labute approximate surface area is 199 Å². The highest BCUT2D eigenvalue weighted by Crippen LogP contribution is 2.43. The van der Waals surface area contributed by atoms with E-state index < -0.39 is 32.5 Å². The fraction of sp³-hybridized carbons (Fsp3) is 0.913. The van der Waals surface area contributed by atoms with Crippen molar-refractivity contribution >= 4 is 19.8 Å². The number of hydrogen-bond acceptors (Lipinski definition) is 8. The molecular formula is C23H46NO8P. The van der Waals surface area contributed by atoms with Gasteiger partial charge in [-0.3, -0.25) is 18.6 Å². The molecule has 2 unspecified atom stereocenters. The summed E-state index contributed by atoms with van der Waals surface area (Å²) in [5.74, 6) is -0.852. The molecule has 0 aliphatic carbocycles. The normalized spacial score (nSPS) is 13.9. The SMILES string of the molecule is CCCCCCCCCC(=O)OC(COC(=O)CCCCCCC)COP(=O)(O)OCCN. The number of hydrogen-bond donors (Lipinski definition) is 2. The van der Waals surface area contributed by atoms with Crippen LogP contribution in [0.15, 0.2) is 0 Å². The second kappa shape index (κ2) is 21.5. The molecule has 0 heterocycles. The van der Waals surface area contributed by atoms with Gasteiger partial charge < -0.3 is 20.1 Å². The maximum absolute atomic E-state index is 12.2. The van der Waals surface area contributed by atoms with E-state index in [2.05, 4.69) is 18.4 Å². The molecule has 0 saturated carbocycles. The highest BCUT2D eigenvalue weighted by Gasteiger charge is 2.25. The molecule has 0 aromatic heterocycles. The lowest BCUT2D eigenvalue weighted by Crippen LogP contribution is -2.29. The van der Waals surface area contributed by atoms with E-state index in [9.17, 15) is 19.0 Å². The van der Waals surface area contributed by atoms with Gasteiger partial charge in [0, 0.05) is 19.4 Å². The Kier molecular flexibility index (Phi) is 20.9. The first kappa shape index (κ1) is 32.0. The van der Waals surface area contributed by atoms with Gasteiger partial charge in [0.25, 0.3) is 0 Å². The predicted octanol–water partition coefficient (Wildman–Crippen LogP) is 5.03. The maximum atomic E-state index is 12.2. The van der Waals surface area contributed by atoms with Crippen LogP contribution in [0.25, 0.3) is 0 Å². The lowest BCUT2D eigenvalue weighted by molar-refractivity contribution is -0.161. The Morgan fingerprint density at radius 3 is 1.85 bits per heavy atom. The van der Waals surface area contributed by atoms with Crippen LogP contribution >= 0.6 is 7.82 Å². The van der Waals surface area contributed by atoms with Crippen molar-refractivity contribution in [2.75, 3.05) is 26.4 Å². The average Bonchev–Trinajstić information content (AvgIpc) is 2.78. The second-order valence-corrected chi connectivity index (χ2v) is 9.67. The molecule has 0 spiro atoms. The van der Waals surface area contributed by atoms with Crippen LogP contribution in [0.2, 0.25) is 0 Å². The van der Waals surface area contributed by atoms with E-state index >= 15 is 0 Å². The van der Waals surface area contributed by atoms with E-state index in [-0.39, 0.29) is 32.6 Å². The van der Waals surface area contributed by atoms with Gasteiger partial charge in [-0.25, -0.2) is 4.57 Å². The molecule has 0 radical (unpaired) electrons. The number of ether oxygens (including phenoxy) is 2. The van der Waals surface area contributed by atoms with Crippen LogP contribution in [0.5, 0.6) is 0 Å². The molecule has 0 aromatic carbocycles. The van der Waals surface area contributed by atoms with Crippen molar-refractivity contribution in [2.45, 2.75) is 110 Å². The molecule has 3 N–H and O–H groups in total. The third kappa shape index (κ3) is 21.3. The fourth-order valence-electron chi connectivity index (χ4n) is 3.10. The summed E-state index contributed by atoms with van der Waals surface area (Å²) < 4.78 is 32.0. The quantitative estimate of drug-likeness (QED) is 0.114. The Morgan fingerprint density at radius 2 is 1.30 bits per heavy atom. The Morgan fingerprint density at radius 1 is 0.788 bits per heavy atom. The third-order valence-electron chi connectivity index (χ3n) is 4.99. The van der Waals surface area contributed by atoms with Crippen molar-refractivity contribution < 1.29 is 37.6 Å². The molecular weight excluding hydrogens is 449 g/mol. The van der Waals surface area contributed by atoms with Crippen molar-refractivity contribution in [1.29, 1.82) is 0 Å². The number of esters is 2. The number of rotatable bonds is 23. The minimum Gasteiger partial charge on any atom is -0.462 e. The number of unbranched alkanes of at least 4 members (excludes halogenated alkanes) is 10.